The third-order valence-electron chi connectivity index (χ3n) is 4.44. The van der Waals surface area contributed by atoms with E-state index in [1.807, 2.05) is 24.3 Å². The van der Waals surface area contributed by atoms with Crippen molar-refractivity contribution in [3.05, 3.63) is 54.6 Å². The van der Waals surface area contributed by atoms with Gasteiger partial charge in [0.15, 0.2) is 0 Å². The molecule has 0 saturated carbocycles. The van der Waals surface area contributed by atoms with Crippen LogP contribution in [0.5, 0.6) is 5.75 Å². The molecule has 2 heterocycles. The van der Waals surface area contributed by atoms with Crippen molar-refractivity contribution in [3.63, 3.8) is 0 Å². The third-order valence-corrected chi connectivity index (χ3v) is 4.44. The number of nitrogens with one attached hydrogen (secondary N) is 1. The number of benzene rings is 2. The number of carbonyl (C=O) groups excluding carboxylic acids is 1. The Balaban J connectivity index is 1.59. The highest BCUT2D eigenvalue weighted by atomic mass is 19.1. The molecule has 3 aromatic rings. The minimum Gasteiger partial charge on any atom is -0.495 e. The number of halogens is 1. The number of carbonyl (C=O) groups is 1. The largest absolute Gasteiger partial charge is 0.495 e. The van der Waals surface area contributed by atoms with Crippen molar-refractivity contribution in [3.8, 4) is 5.75 Å². The molecule has 1 fully saturated rings. The number of ether oxygens (including phenoxy) is 1. The molecule has 0 bridgehead atoms. The first-order valence-electron chi connectivity index (χ1n) is 8.26. The number of anilines is 2. The number of rotatable bonds is 4. The van der Waals surface area contributed by atoms with Crippen LogP contribution in [0.2, 0.25) is 0 Å². The molecule has 1 aromatic heterocycles. The van der Waals surface area contributed by atoms with Crippen LogP contribution in [-0.4, -0.2) is 35.6 Å². The minimum absolute atomic E-state index is 0.0106. The quantitative estimate of drug-likeness (QED) is 0.782. The summed E-state index contributed by atoms with van der Waals surface area (Å²) in [5, 5.41) is 4.01. The zero-order valence-electron chi connectivity index (χ0n) is 14.1. The highest BCUT2D eigenvalue weighted by Crippen LogP contribution is 2.32. The Morgan fingerprint density at radius 3 is 2.92 bits per heavy atom. The zero-order chi connectivity index (χ0) is 18.1. The Bertz CT molecular complexity index is 979. The van der Waals surface area contributed by atoms with Crippen LogP contribution in [0.4, 0.5) is 15.9 Å². The van der Waals surface area contributed by atoms with E-state index in [2.05, 4.69) is 15.3 Å². The molecule has 0 aliphatic carbocycles. The van der Waals surface area contributed by atoms with Crippen LogP contribution in [0.3, 0.4) is 0 Å². The van der Waals surface area contributed by atoms with Gasteiger partial charge < -0.3 is 15.0 Å². The van der Waals surface area contributed by atoms with E-state index in [-0.39, 0.29) is 17.8 Å². The monoisotopic (exact) mass is 352 g/mol. The van der Waals surface area contributed by atoms with Gasteiger partial charge in [-0.2, -0.15) is 0 Å². The maximum absolute atomic E-state index is 13.4. The topological polar surface area (TPSA) is 67.3 Å². The molecule has 1 aliphatic rings. The Hall–Kier alpha value is -3.22. The first-order valence-corrected chi connectivity index (χ1v) is 8.26. The molecule has 1 saturated heterocycles. The lowest BCUT2D eigenvalue weighted by molar-refractivity contribution is -0.117. The molecule has 4 rings (SSSR count). The van der Waals surface area contributed by atoms with Gasteiger partial charge in [-0.05, 0) is 24.3 Å². The first kappa shape index (κ1) is 16.3. The highest BCUT2D eigenvalue weighted by Gasteiger charge is 2.32. The van der Waals surface area contributed by atoms with Gasteiger partial charge in [-0.1, -0.05) is 12.1 Å². The Kier molecular flexibility index (Phi) is 4.12. The van der Waals surface area contributed by atoms with Gasteiger partial charge in [0.25, 0.3) is 0 Å². The fourth-order valence-corrected chi connectivity index (χ4v) is 3.23. The summed E-state index contributed by atoms with van der Waals surface area (Å²) < 4.78 is 18.7. The number of amides is 1. The van der Waals surface area contributed by atoms with Crippen LogP contribution in [0, 0.1) is 5.82 Å². The number of aromatic nitrogens is 2. The van der Waals surface area contributed by atoms with Crippen molar-refractivity contribution in [2.45, 2.75) is 12.5 Å². The summed E-state index contributed by atoms with van der Waals surface area (Å²) in [4.78, 5) is 22.6. The summed E-state index contributed by atoms with van der Waals surface area (Å²) >= 11 is 0. The second kappa shape index (κ2) is 6.59. The zero-order valence-corrected chi connectivity index (χ0v) is 14.1. The molecule has 6 nitrogen and oxygen atoms in total. The fraction of sp³-hybridized carbons (Fsp3) is 0.211. The van der Waals surface area contributed by atoms with Gasteiger partial charge in [0, 0.05) is 24.4 Å². The van der Waals surface area contributed by atoms with Gasteiger partial charge in [-0.25, -0.2) is 14.4 Å². The second-order valence-electron chi connectivity index (χ2n) is 6.11. The van der Waals surface area contributed by atoms with Crippen molar-refractivity contribution in [2.24, 2.45) is 0 Å². The van der Waals surface area contributed by atoms with E-state index in [1.54, 1.807) is 18.1 Å². The number of nitrogens with zero attached hydrogens (tertiary/aromatic N) is 3. The molecule has 0 unspecified atom stereocenters. The molecule has 0 spiro atoms. The van der Waals surface area contributed by atoms with Gasteiger partial charge in [0.1, 0.15) is 23.7 Å². The number of hydrogen-bond acceptors (Lipinski definition) is 5. The molecule has 1 amide bonds. The van der Waals surface area contributed by atoms with Crippen LogP contribution in [0.25, 0.3) is 10.9 Å². The van der Waals surface area contributed by atoms with Crippen LogP contribution in [-0.2, 0) is 4.79 Å². The number of fused-ring (bicyclic) bond motifs is 1. The molecular formula is C19H17FN4O2. The van der Waals surface area contributed by atoms with E-state index in [9.17, 15) is 9.18 Å². The van der Waals surface area contributed by atoms with Crippen molar-refractivity contribution in [2.75, 3.05) is 23.9 Å². The van der Waals surface area contributed by atoms with E-state index in [0.29, 0.717) is 30.0 Å². The van der Waals surface area contributed by atoms with E-state index in [1.165, 1.54) is 18.5 Å². The fourth-order valence-electron chi connectivity index (χ4n) is 3.23. The lowest BCUT2D eigenvalue weighted by atomic mass is 10.2. The third kappa shape index (κ3) is 2.92. The summed E-state index contributed by atoms with van der Waals surface area (Å²) in [5.41, 5.74) is 1.27. The molecule has 132 valence electrons. The average molecular weight is 352 g/mol. The van der Waals surface area contributed by atoms with Crippen molar-refractivity contribution >= 4 is 28.3 Å². The summed E-state index contributed by atoms with van der Waals surface area (Å²) in [6.07, 6.45) is 1.73. The van der Waals surface area contributed by atoms with Gasteiger partial charge in [0.2, 0.25) is 5.91 Å². The van der Waals surface area contributed by atoms with Gasteiger partial charge in [-0.15, -0.1) is 0 Å². The van der Waals surface area contributed by atoms with Gasteiger partial charge in [0.05, 0.1) is 24.4 Å². The van der Waals surface area contributed by atoms with Crippen LogP contribution in [0.1, 0.15) is 6.42 Å². The molecule has 1 atom stereocenters. The summed E-state index contributed by atoms with van der Waals surface area (Å²) in [6, 6.07) is 11.7. The summed E-state index contributed by atoms with van der Waals surface area (Å²) in [7, 11) is 1.58. The van der Waals surface area contributed by atoms with E-state index in [0.717, 1.165) is 11.1 Å². The standard InChI is InChI=1S/C19H17FN4O2/c1-26-17-5-3-2-4-16(17)24-10-13(9-18(24)25)23-19-14-7-6-12(20)8-15(14)21-11-22-19/h2-8,11,13H,9-10H2,1H3,(H,21,22,23)/t13-/m1/s1. The molecule has 7 heteroatoms. The number of hydrogen-bond donors (Lipinski definition) is 1. The maximum atomic E-state index is 13.4. The average Bonchev–Trinajstić information content (AvgIpc) is 3.01. The highest BCUT2D eigenvalue weighted by molar-refractivity contribution is 5.98. The maximum Gasteiger partial charge on any atom is 0.229 e. The van der Waals surface area contributed by atoms with Crippen LogP contribution < -0.4 is 15.0 Å². The number of para-hydroxylation sites is 2. The van der Waals surface area contributed by atoms with E-state index in [4.69, 9.17) is 4.74 Å². The predicted molar refractivity (Wildman–Crippen MR) is 96.9 cm³/mol. The predicted octanol–water partition coefficient (Wildman–Crippen LogP) is 2.99. The normalized spacial score (nSPS) is 16.9. The molecule has 1 N–H and O–H groups in total. The lowest BCUT2D eigenvalue weighted by Crippen LogP contribution is -2.28. The lowest BCUT2D eigenvalue weighted by Gasteiger charge is -2.20. The van der Waals surface area contributed by atoms with Crippen molar-refractivity contribution in [1.29, 1.82) is 0 Å². The van der Waals surface area contributed by atoms with E-state index >= 15 is 0 Å². The molecule has 2 aromatic carbocycles. The minimum atomic E-state index is -0.347. The second-order valence-corrected chi connectivity index (χ2v) is 6.11. The SMILES string of the molecule is COc1ccccc1N1C[C@H](Nc2ncnc3cc(F)ccc23)CC1=O. The molecule has 1 aliphatic heterocycles. The molecule has 0 radical (unpaired) electrons. The Labute approximate surface area is 149 Å². The van der Waals surface area contributed by atoms with Crippen molar-refractivity contribution in [1.82, 2.24) is 9.97 Å². The first-order chi connectivity index (χ1) is 12.7. The number of methoxy groups -OCH3 is 1. The summed E-state index contributed by atoms with van der Waals surface area (Å²) in [6.45, 7) is 0.492. The molecule has 26 heavy (non-hydrogen) atoms. The van der Waals surface area contributed by atoms with Gasteiger partial charge in [-0.3, -0.25) is 4.79 Å². The summed E-state index contributed by atoms with van der Waals surface area (Å²) in [5.74, 6) is 0.913. The van der Waals surface area contributed by atoms with Crippen LogP contribution in [0.15, 0.2) is 48.8 Å². The van der Waals surface area contributed by atoms with Crippen molar-refractivity contribution < 1.29 is 13.9 Å². The van der Waals surface area contributed by atoms with E-state index < -0.39 is 0 Å². The molecular weight excluding hydrogens is 335 g/mol. The van der Waals surface area contributed by atoms with Gasteiger partial charge >= 0.3 is 0 Å². The smallest absolute Gasteiger partial charge is 0.229 e. The Morgan fingerprint density at radius 2 is 2.08 bits per heavy atom. The Morgan fingerprint density at radius 1 is 1.23 bits per heavy atom. The van der Waals surface area contributed by atoms with Crippen LogP contribution >= 0.6 is 0 Å².